The molecule has 3 N–H and O–H groups in total. The maximum absolute atomic E-state index is 11.8. The van der Waals surface area contributed by atoms with Gasteiger partial charge in [0, 0.05) is 38.4 Å². The van der Waals surface area contributed by atoms with Crippen LogP contribution >= 0.6 is 0 Å². The Bertz CT molecular complexity index is 662. The molecule has 29 heavy (non-hydrogen) atoms. The van der Waals surface area contributed by atoms with E-state index in [0.29, 0.717) is 32.2 Å². The Morgan fingerprint density at radius 3 is 2.55 bits per heavy atom. The van der Waals surface area contributed by atoms with E-state index in [1.807, 2.05) is 13.1 Å². The average molecular weight is 403 g/mol. The van der Waals surface area contributed by atoms with E-state index in [-0.39, 0.29) is 12.1 Å². The normalized spacial score (nSPS) is 19.0. The number of hydrogen-bond donors (Lipinski definition) is 2. The second kappa shape index (κ2) is 10.9. The van der Waals surface area contributed by atoms with Gasteiger partial charge in [0.15, 0.2) is 5.96 Å². The van der Waals surface area contributed by atoms with E-state index in [1.165, 1.54) is 25.7 Å². The first-order valence-electron chi connectivity index (χ1n) is 10.8. The fourth-order valence-corrected chi connectivity index (χ4v) is 3.85. The summed E-state index contributed by atoms with van der Waals surface area (Å²) >= 11 is 0. The Labute approximate surface area is 173 Å². The highest BCUT2D eigenvalue weighted by Crippen LogP contribution is 2.17. The Balaban J connectivity index is 1.43. The minimum Gasteiger partial charge on any atom is -0.450 e. The zero-order valence-electron chi connectivity index (χ0n) is 17.5. The third-order valence-electron chi connectivity index (χ3n) is 5.54. The largest absolute Gasteiger partial charge is 0.450 e. The van der Waals surface area contributed by atoms with Crippen molar-refractivity contribution in [1.82, 2.24) is 15.2 Å². The number of nitrogens with zero attached hydrogens (tertiary/aromatic N) is 4. The fraction of sp³-hybridized carbons (Fsp3) is 0.667. The average Bonchev–Trinajstić information content (AvgIpc) is 3.03. The molecular formula is C21H34N6O2. The molecule has 0 atom stereocenters. The van der Waals surface area contributed by atoms with Crippen molar-refractivity contribution in [2.24, 2.45) is 10.7 Å². The molecule has 1 aromatic rings. The first-order chi connectivity index (χ1) is 14.2. The van der Waals surface area contributed by atoms with Crippen LogP contribution in [0.5, 0.6) is 0 Å². The lowest BCUT2D eigenvalue weighted by atomic mass is 10.1. The van der Waals surface area contributed by atoms with Crippen LogP contribution in [0.15, 0.2) is 23.3 Å². The zero-order valence-corrected chi connectivity index (χ0v) is 17.5. The van der Waals surface area contributed by atoms with Crippen molar-refractivity contribution in [3.05, 3.63) is 23.9 Å². The number of carbonyl (C=O) groups is 1. The molecule has 2 aliphatic rings. The van der Waals surface area contributed by atoms with E-state index < -0.39 is 0 Å². The first-order valence-corrected chi connectivity index (χ1v) is 10.8. The zero-order chi connectivity index (χ0) is 20.5. The molecule has 2 saturated heterocycles. The highest BCUT2D eigenvalue weighted by Gasteiger charge is 2.23. The third kappa shape index (κ3) is 6.51. The van der Waals surface area contributed by atoms with E-state index in [2.05, 4.69) is 32.3 Å². The van der Waals surface area contributed by atoms with Crippen molar-refractivity contribution >= 4 is 17.9 Å². The summed E-state index contributed by atoms with van der Waals surface area (Å²) in [5.41, 5.74) is 7.11. The van der Waals surface area contributed by atoms with Gasteiger partial charge in [-0.1, -0.05) is 18.9 Å². The van der Waals surface area contributed by atoms with Gasteiger partial charge in [0.2, 0.25) is 0 Å². The molecular weight excluding hydrogens is 368 g/mol. The van der Waals surface area contributed by atoms with Crippen LogP contribution in [0, 0.1) is 0 Å². The monoisotopic (exact) mass is 402 g/mol. The number of aliphatic imine (C=N–C) groups is 1. The highest BCUT2D eigenvalue weighted by atomic mass is 16.6. The maximum Gasteiger partial charge on any atom is 0.409 e. The summed E-state index contributed by atoms with van der Waals surface area (Å²) in [6, 6.07) is 4.40. The number of nitrogens with two attached hydrogens (primary N) is 1. The summed E-state index contributed by atoms with van der Waals surface area (Å²) in [5.74, 6) is 1.50. The Morgan fingerprint density at radius 1 is 1.21 bits per heavy atom. The molecule has 0 radical (unpaired) electrons. The number of hydrogen-bond acceptors (Lipinski definition) is 5. The first kappa shape index (κ1) is 21.2. The van der Waals surface area contributed by atoms with E-state index >= 15 is 0 Å². The van der Waals surface area contributed by atoms with Gasteiger partial charge >= 0.3 is 6.09 Å². The molecule has 3 heterocycles. The third-order valence-corrected chi connectivity index (χ3v) is 5.54. The van der Waals surface area contributed by atoms with Crippen LogP contribution in [-0.2, 0) is 11.3 Å². The maximum atomic E-state index is 11.8. The van der Waals surface area contributed by atoms with Gasteiger partial charge < -0.3 is 25.6 Å². The van der Waals surface area contributed by atoms with Crippen LogP contribution in [0.4, 0.5) is 10.6 Å². The topological polar surface area (TPSA) is 96.1 Å². The molecule has 0 spiro atoms. The number of carbonyl (C=O) groups excluding carboxylic acids is 1. The van der Waals surface area contributed by atoms with Crippen molar-refractivity contribution in [2.75, 3.05) is 37.7 Å². The van der Waals surface area contributed by atoms with Gasteiger partial charge in [-0.05, 0) is 44.2 Å². The van der Waals surface area contributed by atoms with Gasteiger partial charge in [-0.25, -0.2) is 14.8 Å². The summed E-state index contributed by atoms with van der Waals surface area (Å²) in [4.78, 5) is 24.9. The number of aromatic nitrogens is 1. The number of guanidine groups is 1. The Morgan fingerprint density at radius 2 is 1.93 bits per heavy atom. The molecule has 160 valence electrons. The minimum absolute atomic E-state index is 0.230. The van der Waals surface area contributed by atoms with Crippen LogP contribution in [0.1, 0.15) is 51.0 Å². The molecule has 0 aliphatic carbocycles. The summed E-state index contributed by atoms with van der Waals surface area (Å²) < 4.78 is 5.05. The lowest BCUT2D eigenvalue weighted by Gasteiger charge is -2.31. The summed E-state index contributed by atoms with van der Waals surface area (Å²) in [6.07, 6.45) is 8.46. The van der Waals surface area contributed by atoms with E-state index in [4.69, 9.17) is 10.5 Å². The molecule has 3 rings (SSSR count). The van der Waals surface area contributed by atoms with Gasteiger partial charge in [0.25, 0.3) is 0 Å². The number of pyridine rings is 1. The minimum atomic E-state index is -0.233. The molecule has 0 saturated carbocycles. The number of nitrogens with one attached hydrogen (secondary N) is 1. The second-order valence-corrected chi connectivity index (χ2v) is 7.73. The smallest absolute Gasteiger partial charge is 0.409 e. The Kier molecular flexibility index (Phi) is 7.95. The van der Waals surface area contributed by atoms with Crippen molar-refractivity contribution in [1.29, 1.82) is 0 Å². The van der Waals surface area contributed by atoms with Crippen LogP contribution in [-0.4, -0.2) is 60.8 Å². The van der Waals surface area contributed by atoms with Crippen molar-refractivity contribution in [3.8, 4) is 0 Å². The standard InChI is InChI=1S/C21H34N6O2/c1-2-29-21(28)27-13-9-18(10-14-27)25-20(22)24-16-17-7-8-19(23-15-17)26-11-5-3-4-6-12-26/h7-8,15,18H,2-6,9-14,16H2,1H3,(H3,22,24,25). The Hall–Kier alpha value is -2.51. The second-order valence-electron chi connectivity index (χ2n) is 7.73. The van der Waals surface area contributed by atoms with Crippen LogP contribution in [0.25, 0.3) is 0 Å². The molecule has 0 bridgehead atoms. The van der Waals surface area contributed by atoms with Gasteiger partial charge in [-0.3, -0.25) is 0 Å². The molecule has 0 aromatic carbocycles. The van der Waals surface area contributed by atoms with Gasteiger partial charge in [0.05, 0.1) is 13.2 Å². The van der Waals surface area contributed by atoms with Crippen molar-refractivity contribution in [2.45, 2.75) is 58.0 Å². The van der Waals surface area contributed by atoms with Gasteiger partial charge in [-0.15, -0.1) is 0 Å². The lowest BCUT2D eigenvalue weighted by Crippen LogP contribution is -2.48. The number of likely N-dealkylation sites (tertiary alicyclic amines) is 1. The molecule has 1 amide bonds. The summed E-state index contributed by atoms with van der Waals surface area (Å²) in [5, 5.41) is 3.27. The molecule has 2 fully saturated rings. The lowest BCUT2D eigenvalue weighted by molar-refractivity contribution is 0.0963. The number of amides is 1. The van der Waals surface area contributed by atoms with Gasteiger partial charge in [-0.2, -0.15) is 0 Å². The molecule has 0 unspecified atom stereocenters. The van der Waals surface area contributed by atoms with Gasteiger partial charge in [0.1, 0.15) is 5.82 Å². The predicted molar refractivity (Wildman–Crippen MR) is 115 cm³/mol. The van der Waals surface area contributed by atoms with Crippen LogP contribution < -0.4 is 16.0 Å². The quantitative estimate of drug-likeness (QED) is 0.580. The molecule has 8 heteroatoms. The van der Waals surface area contributed by atoms with Crippen molar-refractivity contribution in [3.63, 3.8) is 0 Å². The van der Waals surface area contributed by atoms with E-state index in [0.717, 1.165) is 37.3 Å². The van der Waals surface area contributed by atoms with Crippen molar-refractivity contribution < 1.29 is 9.53 Å². The summed E-state index contributed by atoms with van der Waals surface area (Å²) in [6.45, 7) is 6.27. The molecule has 2 aliphatic heterocycles. The fourth-order valence-electron chi connectivity index (χ4n) is 3.85. The SMILES string of the molecule is CCOC(=O)N1CCC(NC(N)=NCc2ccc(N3CCCCCC3)nc2)CC1. The van der Waals surface area contributed by atoms with Crippen LogP contribution in [0.3, 0.4) is 0 Å². The highest BCUT2D eigenvalue weighted by molar-refractivity contribution is 5.78. The number of ether oxygens (including phenoxy) is 1. The summed E-state index contributed by atoms with van der Waals surface area (Å²) in [7, 11) is 0. The number of anilines is 1. The molecule has 8 nitrogen and oxygen atoms in total. The number of piperidine rings is 1. The van der Waals surface area contributed by atoms with E-state index in [1.54, 1.807) is 4.90 Å². The van der Waals surface area contributed by atoms with Crippen LogP contribution in [0.2, 0.25) is 0 Å². The molecule has 1 aromatic heterocycles. The predicted octanol–water partition coefficient (Wildman–Crippen LogP) is 2.49. The number of rotatable bonds is 5. The van der Waals surface area contributed by atoms with E-state index in [9.17, 15) is 4.79 Å².